The van der Waals surface area contributed by atoms with E-state index in [4.69, 9.17) is 9.47 Å². The van der Waals surface area contributed by atoms with Gasteiger partial charge in [-0.1, -0.05) is 0 Å². The number of nitrogens with one attached hydrogen (secondary N) is 1. The first-order chi connectivity index (χ1) is 15.4. The molecule has 1 amide bonds. The van der Waals surface area contributed by atoms with Crippen molar-refractivity contribution in [1.82, 2.24) is 9.78 Å². The molecule has 0 spiro atoms. The summed E-state index contributed by atoms with van der Waals surface area (Å²) >= 11 is 2.48. The first kappa shape index (κ1) is 21.7. The molecule has 0 unspecified atom stereocenters. The van der Waals surface area contributed by atoms with Crippen LogP contribution in [0.3, 0.4) is 0 Å². The number of thiophene rings is 2. The van der Waals surface area contributed by atoms with Gasteiger partial charge in [0.25, 0.3) is 11.5 Å². The van der Waals surface area contributed by atoms with Crippen molar-refractivity contribution in [3.05, 3.63) is 67.6 Å². The number of methoxy groups -OCH3 is 1. The number of esters is 1. The second-order valence-corrected chi connectivity index (χ2v) is 8.57. The molecule has 32 heavy (non-hydrogen) atoms. The van der Waals surface area contributed by atoms with Crippen molar-refractivity contribution >= 4 is 50.3 Å². The van der Waals surface area contributed by atoms with Gasteiger partial charge < -0.3 is 14.8 Å². The number of fused-ring (bicyclic) bond motifs is 1. The van der Waals surface area contributed by atoms with Gasteiger partial charge in [-0.05, 0) is 55.1 Å². The Morgan fingerprint density at radius 1 is 1.16 bits per heavy atom. The highest BCUT2D eigenvalue weighted by atomic mass is 32.1. The zero-order valence-corrected chi connectivity index (χ0v) is 19.1. The van der Waals surface area contributed by atoms with Crippen LogP contribution in [0.4, 0.5) is 5.00 Å². The van der Waals surface area contributed by atoms with Gasteiger partial charge in [0, 0.05) is 10.8 Å². The third-order valence-electron chi connectivity index (χ3n) is 4.62. The monoisotopic (exact) mass is 469 g/mol. The normalized spacial score (nSPS) is 10.8. The van der Waals surface area contributed by atoms with E-state index in [1.807, 2.05) is 12.3 Å². The molecule has 0 aliphatic heterocycles. The Labute approximate surface area is 191 Å². The number of hydrogen-bond acceptors (Lipinski definition) is 8. The summed E-state index contributed by atoms with van der Waals surface area (Å²) in [4.78, 5) is 39.2. The lowest BCUT2D eigenvalue weighted by Gasteiger charge is -2.10. The zero-order valence-electron chi connectivity index (χ0n) is 17.5. The fourth-order valence-corrected chi connectivity index (χ4v) is 4.83. The Bertz CT molecular complexity index is 1370. The smallest absolute Gasteiger partial charge is 0.359 e. The molecular weight excluding hydrogens is 450 g/mol. The number of rotatable bonds is 6. The number of carbonyl (C=O) groups is 2. The van der Waals surface area contributed by atoms with Crippen molar-refractivity contribution in [1.29, 1.82) is 0 Å². The first-order valence-electron chi connectivity index (χ1n) is 9.65. The fourth-order valence-electron chi connectivity index (χ4n) is 3.11. The lowest BCUT2D eigenvalue weighted by atomic mass is 10.2. The molecule has 4 aromatic rings. The summed E-state index contributed by atoms with van der Waals surface area (Å²) in [6.07, 6.45) is 0. The van der Waals surface area contributed by atoms with Crippen LogP contribution < -0.4 is 15.6 Å². The van der Waals surface area contributed by atoms with Gasteiger partial charge in [0.15, 0.2) is 5.69 Å². The second-order valence-electron chi connectivity index (χ2n) is 6.78. The van der Waals surface area contributed by atoms with Crippen LogP contribution in [-0.4, -0.2) is 35.4 Å². The lowest BCUT2D eigenvalue weighted by molar-refractivity contribution is 0.0520. The molecule has 8 nitrogen and oxygen atoms in total. The number of nitrogens with zero attached hydrogens (tertiary/aromatic N) is 2. The van der Waals surface area contributed by atoms with Crippen LogP contribution in [0.25, 0.3) is 16.5 Å². The Balaban J connectivity index is 1.87. The highest BCUT2D eigenvalue weighted by Crippen LogP contribution is 2.31. The Morgan fingerprint density at radius 3 is 2.53 bits per heavy atom. The molecule has 164 valence electrons. The largest absolute Gasteiger partial charge is 0.497 e. The van der Waals surface area contributed by atoms with E-state index in [0.717, 1.165) is 21.6 Å². The molecule has 0 aliphatic rings. The molecular formula is C22H19N3O5S2. The van der Waals surface area contributed by atoms with E-state index >= 15 is 0 Å². The van der Waals surface area contributed by atoms with E-state index in [1.54, 1.807) is 49.7 Å². The summed E-state index contributed by atoms with van der Waals surface area (Å²) in [5, 5.41) is 11.5. The van der Waals surface area contributed by atoms with E-state index in [2.05, 4.69) is 10.4 Å². The SMILES string of the molecule is CCOC(=O)c1nn(-c2ccc(OC)cc2)c(=O)c2c(NC(=O)c3cc(C)cs3)scc12. The van der Waals surface area contributed by atoms with Gasteiger partial charge >= 0.3 is 5.97 Å². The second kappa shape index (κ2) is 8.93. The third kappa shape index (κ3) is 4.02. The van der Waals surface area contributed by atoms with Crippen LogP contribution in [0, 0.1) is 6.92 Å². The van der Waals surface area contributed by atoms with Gasteiger partial charge in [-0.15, -0.1) is 22.7 Å². The molecule has 0 bridgehead atoms. The number of amides is 1. The van der Waals surface area contributed by atoms with Crippen molar-refractivity contribution in [2.45, 2.75) is 13.8 Å². The fraction of sp³-hybridized carbons (Fsp3) is 0.182. The zero-order chi connectivity index (χ0) is 22.8. The molecule has 1 aromatic carbocycles. The van der Waals surface area contributed by atoms with Crippen molar-refractivity contribution in [2.24, 2.45) is 0 Å². The van der Waals surface area contributed by atoms with Crippen LogP contribution in [0.15, 0.2) is 45.9 Å². The number of aryl methyl sites for hydroxylation is 1. The van der Waals surface area contributed by atoms with E-state index in [9.17, 15) is 14.4 Å². The minimum Gasteiger partial charge on any atom is -0.497 e. The number of benzene rings is 1. The maximum Gasteiger partial charge on any atom is 0.359 e. The van der Waals surface area contributed by atoms with Crippen LogP contribution in [0.1, 0.15) is 32.6 Å². The number of aromatic nitrogens is 2. The molecule has 10 heteroatoms. The van der Waals surface area contributed by atoms with Crippen molar-refractivity contribution < 1.29 is 19.1 Å². The van der Waals surface area contributed by atoms with Crippen LogP contribution >= 0.6 is 22.7 Å². The van der Waals surface area contributed by atoms with Gasteiger partial charge in [-0.25, -0.2) is 4.79 Å². The van der Waals surface area contributed by atoms with E-state index in [1.165, 1.54) is 11.3 Å². The van der Waals surface area contributed by atoms with E-state index < -0.39 is 11.5 Å². The van der Waals surface area contributed by atoms with Gasteiger partial charge in [-0.3, -0.25) is 9.59 Å². The summed E-state index contributed by atoms with van der Waals surface area (Å²) in [5.74, 6) is -0.357. The minimum atomic E-state index is -0.649. The van der Waals surface area contributed by atoms with Crippen LogP contribution in [0.2, 0.25) is 0 Å². The number of ether oxygens (including phenoxy) is 2. The lowest BCUT2D eigenvalue weighted by Crippen LogP contribution is -2.25. The van der Waals surface area contributed by atoms with Crippen molar-refractivity contribution in [3.63, 3.8) is 0 Å². The highest BCUT2D eigenvalue weighted by molar-refractivity contribution is 7.16. The topological polar surface area (TPSA) is 99.5 Å². The highest BCUT2D eigenvalue weighted by Gasteiger charge is 2.23. The van der Waals surface area contributed by atoms with E-state index in [0.29, 0.717) is 26.7 Å². The maximum atomic E-state index is 13.4. The summed E-state index contributed by atoms with van der Waals surface area (Å²) < 4.78 is 11.4. The quantitative estimate of drug-likeness (QED) is 0.424. The predicted octanol–water partition coefficient (Wildman–Crippen LogP) is 4.25. The Hall–Kier alpha value is -3.50. The van der Waals surface area contributed by atoms with Gasteiger partial charge in [-0.2, -0.15) is 9.78 Å². The predicted molar refractivity (Wildman–Crippen MR) is 125 cm³/mol. The minimum absolute atomic E-state index is 0.000912. The average Bonchev–Trinajstić information content (AvgIpc) is 3.41. The van der Waals surface area contributed by atoms with Crippen LogP contribution in [0.5, 0.6) is 5.75 Å². The summed E-state index contributed by atoms with van der Waals surface area (Å²) in [6, 6.07) is 8.47. The number of hydrogen-bond donors (Lipinski definition) is 1. The molecule has 0 saturated heterocycles. The molecule has 0 radical (unpaired) electrons. The molecule has 1 N–H and O–H groups in total. The molecule has 0 aliphatic carbocycles. The van der Waals surface area contributed by atoms with Crippen molar-refractivity contribution in [3.8, 4) is 11.4 Å². The summed E-state index contributed by atoms with van der Waals surface area (Å²) in [6.45, 7) is 3.75. The molecule has 3 heterocycles. The molecule has 0 fully saturated rings. The first-order valence-corrected chi connectivity index (χ1v) is 11.4. The number of anilines is 1. The molecule has 0 atom stereocenters. The number of carbonyl (C=O) groups excluding carboxylic acids is 2. The summed E-state index contributed by atoms with van der Waals surface area (Å²) in [7, 11) is 1.54. The van der Waals surface area contributed by atoms with Gasteiger partial charge in [0.1, 0.15) is 10.8 Å². The standard InChI is InChI=1S/C22H19N3O5S2/c1-4-30-22(28)18-15-11-32-20(23-19(26)16-9-12(2)10-31-16)17(15)21(27)25(24-18)13-5-7-14(29-3)8-6-13/h5-11H,4H2,1-3H3,(H,23,26). The maximum absolute atomic E-state index is 13.4. The average molecular weight is 470 g/mol. The Morgan fingerprint density at radius 2 is 1.91 bits per heavy atom. The Kier molecular flexibility index (Phi) is 6.06. The van der Waals surface area contributed by atoms with Crippen LogP contribution in [-0.2, 0) is 4.74 Å². The molecule has 0 saturated carbocycles. The molecule has 3 aromatic heterocycles. The molecule has 4 rings (SSSR count). The van der Waals surface area contributed by atoms with E-state index in [-0.39, 0.29) is 23.6 Å². The van der Waals surface area contributed by atoms with Gasteiger partial charge in [0.05, 0.1) is 29.7 Å². The van der Waals surface area contributed by atoms with Crippen molar-refractivity contribution in [2.75, 3.05) is 19.0 Å². The van der Waals surface area contributed by atoms with Gasteiger partial charge in [0.2, 0.25) is 0 Å². The summed E-state index contributed by atoms with van der Waals surface area (Å²) in [5.41, 5.74) is 0.963. The third-order valence-corrected chi connectivity index (χ3v) is 6.56.